The Balaban J connectivity index is 2.00. The molecule has 1 aliphatic rings. The van der Waals surface area contributed by atoms with Crippen LogP contribution in [0, 0.1) is 10.1 Å². The summed E-state index contributed by atoms with van der Waals surface area (Å²) in [4.78, 5) is 11.2. The highest BCUT2D eigenvalue weighted by molar-refractivity contribution is 6.52. The molecule has 0 spiro atoms. The maximum Gasteiger partial charge on any atom is 0.277 e. The van der Waals surface area contributed by atoms with Crippen LogP contribution in [0.4, 0.5) is 5.69 Å². The van der Waals surface area contributed by atoms with Crippen LogP contribution in [0.15, 0.2) is 54.6 Å². The summed E-state index contributed by atoms with van der Waals surface area (Å²) in [6.07, 6.45) is 3.70. The molecule has 118 valence electrons. The molecule has 0 aliphatic heterocycles. The lowest BCUT2D eigenvalue weighted by Gasteiger charge is -2.09. The SMILES string of the molecule is O=[N+]([O-])c1ccc2c3c(ccc(C(Cl)=Cc4ccccc4)c13)CC2. The van der Waals surface area contributed by atoms with Gasteiger partial charge in [0.2, 0.25) is 0 Å². The topological polar surface area (TPSA) is 43.1 Å². The fourth-order valence-electron chi connectivity index (χ4n) is 3.44. The minimum atomic E-state index is -0.322. The Morgan fingerprint density at radius 2 is 1.62 bits per heavy atom. The number of nitro benzene ring substituents is 1. The summed E-state index contributed by atoms with van der Waals surface area (Å²) in [5, 5.41) is 13.7. The lowest BCUT2D eigenvalue weighted by Crippen LogP contribution is -1.94. The lowest BCUT2D eigenvalue weighted by molar-refractivity contribution is -0.383. The minimum absolute atomic E-state index is 0.118. The van der Waals surface area contributed by atoms with Gasteiger partial charge < -0.3 is 0 Å². The molecular weight excluding hydrogens is 322 g/mol. The van der Waals surface area contributed by atoms with Crippen molar-refractivity contribution in [3.8, 4) is 0 Å². The standard InChI is InChI=1S/C20H14ClNO2/c21-17(12-13-4-2-1-3-5-13)16-10-8-14-6-7-15-9-11-18(22(23)24)20(16)19(14)15/h1-5,8-12H,6-7H2. The van der Waals surface area contributed by atoms with E-state index < -0.39 is 0 Å². The Bertz CT molecular complexity index is 983. The molecule has 0 fully saturated rings. The van der Waals surface area contributed by atoms with Crippen molar-refractivity contribution in [1.82, 2.24) is 0 Å². The lowest BCUT2D eigenvalue weighted by atomic mass is 9.97. The van der Waals surface area contributed by atoms with Crippen molar-refractivity contribution in [1.29, 1.82) is 0 Å². The first-order chi connectivity index (χ1) is 11.6. The van der Waals surface area contributed by atoms with Crippen LogP contribution in [0.2, 0.25) is 0 Å². The number of nitro groups is 1. The molecule has 0 heterocycles. The van der Waals surface area contributed by atoms with E-state index in [2.05, 4.69) is 0 Å². The zero-order chi connectivity index (χ0) is 16.7. The highest BCUT2D eigenvalue weighted by Gasteiger charge is 2.24. The predicted molar refractivity (Wildman–Crippen MR) is 98.2 cm³/mol. The van der Waals surface area contributed by atoms with Crippen molar-refractivity contribution >= 4 is 39.2 Å². The van der Waals surface area contributed by atoms with Crippen molar-refractivity contribution < 1.29 is 4.92 Å². The van der Waals surface area contributed by atoms with Gasteiger partial charge in [0, 0.05) is 16.7 Å². The van der Waals surface area contributed by atoms with E-state index in [1.807, 2.05) is 54.6 Å². The van der Waals surface area contributed by atoms with E-state index in [1.165, 1.54) is 0 Å². The van der Waals surface area contributed by atoms with E-state index in [0.717, 1.165) is 40.5 Å². The Kier molecular flexibility index (Phi) is 3.58. The summed E-state index contributed by atoms with van der Waals surface area (Å²) in [5.74, 6) is 0. The summed E-state index contributed by atoms with van der Waals surface area (Å²) in [5.41, 5.74) is 4.13. The van der Waals surface area contributed by atoms with Gasteiger partial charge in [-0.2, -0.15) is 0 Å². The van der Waals surface area contributed by atoms with Gasteiger partial charge in [-0.1, -0.05) is 60.1 Å². The maximum atomic E-state index is 11.5. The number of halogens is 1. The quantitative estimate of drug-likeness (QED) is 0.356. The van der Waals surface area contributed by atoms with Gasteiger partial charge in [0.1, 0.15) is 0 Å². The molecular formula is C20H14ClNO2. The summed E-state index contributed by atoms with van der Waals surface area (Å²) in [6.45, 7) is 0. The van der Waals surface area contributed by atoms with Gasteiger partial charge in [-0.05, 0) is 41.0 Å². The first-order valence-electron chi connectivity index (χ1n) is 7.79. The average Bonchev–Trinajstić information content (AvgIpc) is 3.01. The third kappa shape index (κ3) is 2.38. The number of hydrogen-bond acceptors (Lipinski definition) is 2. The predicted octanol–water partition coefficient (Wildman–Crippen LogP) is 5.58. The molecule has 4 heteroatoms. The van der Waals surface area contributed by atoms with Crippen molar-refractivity contribution in [2.75, 3.05) is 0 Å². The highest BCUT2D eigenvalue weighted by atomic mass is 35.5. The van der Waals surface area contributed by atoms with Gasteiger partial charge in [0.05, 0.1) is 10.3 Å². The molecule has 0 unspecified atom stereocenters. The normalized spacial score (nSPS) is 13.5. The van der Waals surface area contributed by atoms with Crippen molar-refractivity contribution in [2.24, 2.45) is 0 Å². The molecule has 0 saturated heterocycles. The molecule has 24 heavy (non-hydrogen) atoms. The van der Waals surface area contributed by atoms with Gasteiger partial charge in [-0.25, -0.2) is 0 Å². The van der Waals surface area contributed by atoms with E-state index in [4.69, 9.17) is 11.6 Å². The zero-order valence-electron chi connectivity index (χ0n) is 12.8. The van der Waals surface area contributed by atoms with E-state index in [1.54, 1.807) is 6.07 Å². The average molecular weight is 336 g/mol. The molecule has 0 bridgehead atoms. The Morgan fingerprint density at radius 3 is 2.29 bits per heavy atom. The number of aryl methyl sites for hydroxylation is 2. The van der Waals surface area contributed by atoms with E-state index in [0.29, 0.717) is 10.4 Å². The molecule has 0 saturated carbocycles. The fourth-order valence-corrected chi connectivity index (χ4v) is 3.72. The van der Waals surface area contributed by atoms with Gasteiger partial charge in [-0.15, -0.1) is 0 Å². The summed E-state index contributed by atoms with van der Waals surface area (Å²) < 4.78 is 0. The van der Waals surface area contributed by atoms with E-state index in [9.17, 15) is 10.1 Å². The number of benzene rings is 3. The van der Waals surface area contributed by atoms with Gasteiger partial charge in [0.15, 0.2) is 0 Å². The number of non-ortho nitro benzene ring substituents is 1. The van der Waals surface area contributed by atoms with Crippen LogP contribution in [0.5, 0.6) is 0 Å². The molecule has 3 aromatic rings. The molecule has 3 nitrogen and oxygen atoms in total. The Hall–Kier alpha value is -2.65. The van der Waals surface area contributed by atoms with Crippen LogP contribution in [0.3, 0.4) is 0 Å². The first-order valence-corrected chi connectivity index (χ1v) is 8.17. The van der Waals surface area contributed by atoms with E-state index >= 15 is 0 Å². The second-order valence-electron chi connectivity index (χ2n) is 5.93. The van der Waals surface area contributed by atoms with Crippen molar-refractivity contribution in [2.45, 2.75) is 12.8 Å². The Morgan fingerprint density at radius 1 is 0.958 bits per heavy atom. The van der Waals surface area contributed by atoms with Crippen LogP contribution in [0.25, 0.3) is 21.9 Å². The number of nitrogens with zero attached hydrogens (tertiary/aromatic N) is 1. The van der Waals surface area contributed by atoms with E-state index in [-0.39, 0.29) is 10.6 Å². The zero-order valence-corrected chi connectivity index (χ0v) is 13.6. The molecule has 0 N–H and O–H groups in total. The molecule has 0 amide bonds. The summed E-state index contributed by atoms with van der Waals surface area (Å²) in [7, 11) is 0. The van der Waals surface area contributed by atoms with Crippen LogP contribution in [-0.2, 0) is 12.8 Å². The fraction of sp³-hybridized carbons (Fsp3) is 0.100. The molecule has 4 rings (SSSR count). The number of hydrogen-bond donors (Lipinski definition) is 0. The number of rotatable bonds is 3. The second kappa shape index (κ2) is 5.77. The van der Waals surface area contributed by atoms with Crippen LogP contribution < -0.4 is 0 Å². The monoisotopic (exact) mass is 335 g/mol. The maximum absolute atomic E-state index is 11.5. The minimum Gasteiger partial charge on any atom is -0.258 e. The van der Waals surface area contributed by atoms with Crippen molar-refractivity contribution in [3.63, 3.8) is 0 Å². The summed E-state index contributed by atoms with van der Waals surface area (Å²) >= 11 is 6.56. The van der Waals surface area contributed by atoms with Crippen molar-refractivity contribution in [3.05, 3.63) is 87.0 Å². The molecule has 0 aromatic heterocycles. The molecule has 1 aliphatic carbocycles. The smallest absolute Gasteiger partial charge is 0.258 e. The molecule has 3 aromatic carbocycles. The van der Waals surface area contributed by atoms with Gasteiger partial charge >= 0.3 is 0 Å². The largest absolute Gasteiger partial charge is 0.277 e. The van der Waals surface area contributed by atoms with Crippen LogP contribution in [-0.4, -0.2) is 4.92 Å². The Labute approximate surface area is 144 Å². The molecule has 0 atom stereocenters. The first kappa shape index (κ1) is 14.9. The second-order valence-corrected chi connectivity index (χ2v) is 6.33. The third-order valence-electron chi connectivity index (χ3n) is 4.52. The van der Waals surface area contributed by atoms with Crippen LogP contribution in [0.1, 0.15) is 22.3 Å². The highest BCUT2D eigenvalue weighted by Crippen LogP contribution is 2.41. The van der Waals surface area contributed by atoms with Gasteiger partial charge in [-0.3, -0.25) is 10.1 Å². The third-order valence-corrected chi connectivity index (χ3v) is 4.83. The summed E-state index contributed by atoms with van der Waals surface area (Å²) in [6, 6.07) is 17.1. The van der Waals surface area contributed by atoms with Crippen LogP contribution >= 0.6 is 11.6 Å². The molecule has 0 radical (unpaired) electrons. The van der Waals surface area contributed by atoms with Gasteiger partial charge in [0.25, 0.3) is 5.69 Å².